The zero-order chi connectivity index (χ0) is 10.3. The van der Waals surface area contributed by atoms with Crippen molar-refractivity contribution in [2.24, 2.45) is 5.73 Å². The molecule has 0 aromatic heterocycles. The zero-order valence-corrected chi connectivity index (χ0v) is 8.70. The van der Waals surface area contributed by atoms with E-state index in [2.05, 4.69) is 16.0 Å². The second kappa shape index (κ2) is 6.47. The minimum Gasteiger partial charge on any atom is -0.361 e. The van der Waals surface area contributed by atoms with E-state index < -0.39 is 6.03 Å². The number of amides is 2. The lowest BCUT2D eigenvalue weighted by Crippen LogP contribution is -2.43. The van der Waals surface area contributed by atoms with E-state index in [9.17, 15) is 4.79 Å². The molecule has 0 aromatic rings. The van der Waals surface area contributed by atoms with E-state index in [1.165, 1.54) is 0 Å². The predicted octanol–water partition coefficient (Wildman–Crippen LogP) is -0.473. The van der Waals surface area contributed by atoms with Crippen LogP contribution in [-0.4, -0.2) is 30.3 Å². The molecule has 0 bridgehead atoms. The van der Waals surface area contributed by atoms with Crippen molar-refractivity contribution >= 4 is 23.4 Å². The van der Waals surface area contributed by atoms with Crippen molar-refractivity contribution in [1.82, 2.24) is 16.0 Å². The molecule has 0 aliphatic heterocycles. The number of urea groups is 1. The van der Waals surface area contributed by atoms with Crippen LogP contribution in [-0.2, 0) is 0 Å². The molecule has 6 heteroatoms. The molecule has 2 amide bonds. The molecule has 0 aliphatic carbocycles. The molecule has 0 fully saturated rings. The van der Waals surface area contributed by atoms with Crippen LogP contribution in [0.2, 0.25) is 0 Å². The summed E-state index contributed by atoms with van der Waals surface area (Å²) < 4.78 is 0. The van der Waals surface area contributed by atoms with E-state index in [-0.39, 0.29) is 0 Å². The van der Waals surface area contributed by atoms with Crippen molar-refractivity contribution in [3.05, 3.63) is 0 Å². The molecule has 0 radical (unpaired) electrons. The van der Waals surface area contributed by atoms with Crippen LogP contribution in [0.3, 0.4) is 0 Å². The Morgan fingerprint density at radius 1 is 1.38 bits per heavy atom. The Hall–Kier alpha value is -1.04. The smallest absolute Gasteiger partial charge is 0.312 e. The molecule has 0 rings (SSSR count). The largest absolute Gasteiger partial charge is 0.361 e. The Morgan fingerprint density at radius 3 is 2.38 bits per heavy atom. The van der Waals surface area contributed by atoms with Crippen LogP contribution in [0, 0.1) is 0 Å². The van der Waals surface area contributed by atoms with Crippen LogP contribution < -0.4 is 21.7 Å². The van der Waals surface area contributed by atoms with Crippen LogP contribution in [0.4, 0.5) is 4.79 Å². The number of thiocarbonyl (C=S) groups is 1. The van der Waals surface area contributed by atoms with Crippen LogP contribution in [0.1, 0.15) is 13.8 Å². The maximum atomic E-state index is 10.3. The van der Waals surface area contributed by atoms with E-state index in [1.54, 1.807) is 0 Å². The van der Waals surface area contributed by atoms with E-state index in [0.717, 1.165) is 0 Å². The maximum Gasteiger partial charge on any atom is 0.312 e. The summed E-state index contributed by atoms with van der Waals surface area (Å²) in [5.74, 6) is 0. The Balaban J connectivity index is 3.32. The van der Waals surface area contributed by atoms with Crippen molar-refractivity contribution < 1.29 is 4.79 Å². The van der Waals surface area contributed by atoms with Gasteiger partial charge in [-0.2, -0.15) is 0 Å². The van der Waals surface area contributed by atoms with E-state index >= 15 is 0 Å². The molecule has 5 N–H and O–H groups in total. The summed E-state index contributed by atoms with van der Waals surface area (Å²) in [6.45, 7) is 5.03. The van der Waals surface area contributed by atoms with Crippen molar-refractivity contribution in [1.29, 1.82) is 0 Å². The van der Waals surface area contributed by atoms with Crippen molar-refractivity contribution in [2.75, 3.05) is 13.1 Å². The molecular weight excluding hydrogens is 188 g/mol. The van der Waals surface area contributed by atoms with Crippen LogP contribution in [0.15, 0.2) is 0 Å². The minimum absolute atomic E-state index is 0.309. The number of primary amides is 1. The number of hydrogen-bond donors (Lipinski definition) is 4. The number of nitrogens with one attached hydrogen (secondary N) is 3. The first-order valence-corrected chi connectivity index (χ1v) is 4.51. The van der Waals surface area contributed by atoms with Gasteiger partial charge < -0.3 is 21.7 Å². The quantitative estimate of drug-likeness (QED) is 0.369. The highest BCUT2D eigenvalue weighted by atomic mass is 32.1. The van der Waals surface area contributed by atoms with Crippen LogP contribution in [0.25, 0.3) is 0 Å². The van der Waals surface area contributed by atoms with Crippen LogP contribution >= 0.6 is 12.2 Å². The van der Waals surface area contributed by atoms with Gasteiger partial charge in [-0.15, -0.1) is 0 Å². The molecule has 0 saturated carbocycles. The third-order valence-corrected chi connectivity index (χ3v) is 1.39. The SMILES string of the molecule is CC(C)NC(=S)NCCNC(N)=O. The van der Waals surface area contributed by atoms with Gasteiger partial charge in [0, 0.05) is 19.1 Å². The van der Waals surface area contributed by atoms with E-state index in [1.807, 2.05) is 13.8 Å². The Morgan fingerprint density at radius 2 is 1.92 bits per heavy atom. The molecule has 5 nitrogen and oxygen atoms in total. The van der Waals surface area contributed by atoms with Crippen molar-refractivity contribution in [3.8, 4) is 0 Å². The van der Waals surface area contributed by atoms with E-state index in [4.69, 9.17) is 18.0 Å². The Kier molecular flexibility index (Phi) is 5.96. The highest BCUT2D eigenvalue weighted by molar-refractivity contribution is 7.80. The first-order chi connectivity index (χ1) is 6.02. The summed E-state index contributed by atoms with van der Waals surface area (Å²) >= 11 is 4.94. The number of hydrogen-bond acceptors (Lipinski definition) is 2. The fraction of sp³-hybridized carbons (Fsp3) is 0.714. The van der Waals surface area contributed by atoms with Gasteiger partial charge in [0.2, 0.25) is 0 Å². The summed E-state index contributed by atoms with van der Waals surface area (Å²) in [5.41, 5.74) is 4.86. The number of nitrogens with two attached hydrogens (primary N) is 1. The number of carbonyl (C=O) groups is 1. The Bertz CT molecular complexity index is 183. The normalized spacial score (nSPS) is 9.46. The highest BCUT2D eigenvalue weighted by Gasteiger charge is 1.96. The molecular formula is C7H16N4OS. The third kappa shape index (κ3) is 8.87. The van der Waals surface area contributed by atoms with Gasteiger partial charge in [-0.1, -0.05) is 0 Å². The summed E-state index contributed by atoms with van der Waals surface area (Å²) in [6, 6.07) is -0.214. The maximum absolute atomic E-state index is 10.3. The molecule has 0 heterocycles. The van der Waals surface area contributed by atoms with Gasteiger partial charge in [0.05, 0.1) is 0 Å². The lowest BCUT2D eigenvalue weighted by molar-refractivity contribution is 0.249. The predicted molar refractivity (Wildman–Crippen MR) is 56.5 cm³/mol. The monoisotopic (exact) mass is 204 g/mol. The van der Waals surface area contributed by atoms with Gasteiger partial charge in [0.15, 0.2) is 5.11 Å². The second-order valence-corrected chi connectivity index (χ2v) is 3.25. The lowest BCUT2D eigenvalue weighted by atomic mass is 10.4. The van der Waals surface area contributed by atoms with Crippen molar-refractivity contribution in [2.45, 2.75) is 19.9 Å². The van der Waals surface area contributed by atoms with Crippen LogP contribution in [0.5, 0.6) is 0 Å². The van der Waals surface area contributed by atoms with Crippen molar-refractivity contribution in [3.63, 3.8) is 0 Å². The second-order valence-electron chi connectivity index (χ2n) is 2.85. The average molecular weight is 204 g/mol. The first-order valence-electron chi connectivity index (χ1n) is 4.10. The Labute approximate surface area is 83.4 Å². The molecule has 13 heavy (non-hydrogen) atoms. The van der Waals surface area contributed by atoms with Gasteiger partial charge in [0.25, 0.3) is 0 Å². The summed E-state index contributed by atoms with van der Waals surface area (Å²) in [4.78, 5) is 10.3. The zero-order valence-electron chi connectivity index (χ0n) is 7.89. The molecule has 0 atom stereocenters. The topological polar surface area (TPSA) is 79.2 Å². The van der Waals surface area contributed by atoms with Gasteiger partial charge in [0.1, 0.15) is 0 Å². The lowest BCUT2D eigenvalue weighted by Gasteiger charge is -2.12. The van der Waals surface area contributed by atoms with Gasteiger partial charge in [-0.25, -0.2) is 4.79 Å². The fourth-order valence-corrected chi connectivity index (χ4v) is 1.01. The molecule has 76 valence electrons. The fourth-order valence-electron chi connectivity index (χ4n) is 0.675. The van der Waals surface area contributed by atoms with Gasteiger partial charge in [-0.3, -0.25) is 0 Å². The highest BCUT2D eigenvalue weighted by Crippen LogP contribution is 1.75. The summed E-state index contributed by atoms with van der Waals surface area (Å²) in [7, 11) is 0. The minimum atomic E-state index is -0.524. The van der Waals surface area contributed by atoms with Gasteiger partial charge in [-0.05, 0) is 26.1 Å². The summed E-state index contributed by atoms with van der Waals surface area (Å²) in [5, 5.41) is 8.95. The molecule has 0 spiro atoms. The first kappa shape index (κ1) is 12.0. The summed E-state index contributed by atoms with van der Waals surface area (Å²) in [6.07, 6.45) is 0. The number of rotatable bonds is 4. The molecule has 0 unspecified atom stereocenters. The average Bonchev–Trinajstić information content (AvgIpc) is 1.96. The van der Waals surface area contributed by atoms with E-state index in [0.29, 0.717) is 24.2 Å². The van der Waals surface area contributed by atoms with Gasteiger partial charge >= 0.3 is 6.03 Å². The molecule has 0 aromatic carbocycles. The number of carbonyl (C=O) groups excluding carboxylic acids is 1. The standard InChI is InChI=1S/C7H16N4OS/c1-5(2)11-7(13)10-4-3-9-6(8)12/h5H,3-4H2,1-2H3,(H3,8,9,12)(H2,10,11,13). The molecule has 0 saturated heterocycles. The molecule has 0 aliphatic rings. The third-order valence-electron chi connectivity index (χ3n) is 1.13.